The Hall–Kier alpha value is -3.35. The Kier molecular flexibility index (Phi) is 4.92. The van der Waals surface area contributed by atoms with Crippen LogP contribution in [0.3, 0.4) is 0 Å². The lowest BCUT2D eigenvalue weighted by Gasteiger charge is -2.23. The number of carbonyl (C=O) groups excluding carboxylic acids is 2. The number of hydrazone groups is 1. The van der Waals surface area contributed by atoms with Gasteiger partial charge in [0.05, 0.1) is 11.5 Å². The number of para-hydroxylation sites is 1. The van der Waals surface area contributed by atoms with Gasteiger partial charge in [-0.3, -0.25) is 9.59 Å². The summed E-state index contributed by atoms with van der Waals surface area (Å²) in [6, 6.07) is 10.6. The van der Waals surface area contributed by atoms with Gasteiger partial charge in [-0.15, -0.1) is 0 Å². The molecule has 1 fully saturated rings. The minimum absolute atomic E-state index is 0.146. The molecule has 0 saturated heterocycles. The van der Waals surface area contributed by atoms with Crippen LogP contribution in [0.15, 0.2) is 59.7 Å². The first-order valence-electron chi connectivity index (χ1n) is 10.8. The maximum atomic E-state index is 13.6. The zero-order chi connectivity index (χ0) is 22.5. The van der Waals surface area contributed by atoms with E-state index in [0.717, 1.165) is 30.2 Å². The molecule has 2 aliphatic heterocycles. The predicted molar refractivity (Wildman–Crippen MR) is 117 cm³/mol. The van der Waals surface area contributed by atoms with Gasteiger partial charge in [0, 0.05) is 36.5 Å². The van der Waals surface area contributed by atoms with Crippen molar-refractivity contribution in [2.75, 3.05) is 11.4 Å². The molecule has 0 aromatic heterocycles. The second-order valence-electron chi connectivity index (χ2n) is 8.67. The Morgan fingerprint density at radius 1 is 1.16 bits per heavy atom. The summed E-state index contributed by atoms with van der Waals surface area (Å²) in [5.74, 6) is -1.61. The monoisotopic (exact) mass is 435 g/mol. The molecule has 5 rings (SSSR count). The standard InChI is InChI=1S/C25H23F2N3O2/c1-16(23(31)30-21(8-11-28-30)17-13-18(26)15-19(27)14-17)5-4-12-29-22-7-3-2-6-20(22)25(9-10-25)24(29)32/h2-3,6-7,11,13-15,21H,1,4-5,8-10,12H2. The molecule has 0 radical (unpaired) electrons. The van der Waals surface area contributed by atoms with E-state index in [-0.39, 0.29) is 17.2 Å². The van der Waals surface area contributed by atoms with E-state index in [9.17, 15) is 18.4 Å². The molecule has 0 bridgehead atoms. The lowest BCUT2D eigenvalue weighted by atomic mass is 9.98. The molecule has 2 aromatic rings. The number of carbonyl (C=O) groups is 2. The molecule has 1 unspecified atom stereocenters. The second-order valence-corrected chi connectivity index (χ2v) is 8.67. The molecule has 7 heteroatoms. The predicted octanol–water partition coefficient (Wildman–Crippen LogP) is 4.64. The van der Waals surface area contributed by atoms with E-state index < -0.39 is 17.7 Å². The highest BCUT2D eigenvalue weighted by molar-refractivity contribution is 6.10. The van der Waals surface area contributed by atoms with Gasteiger partial charge in [-0.2, -0.15) is 5.10 Å². The van der Waals surface area contributed by atoms with Crippen LogP contribution in [0.25, 0.3) is 0 Å². The molecule has 3 aliphatic rings. The van der Waals surface area contributed by atoms with Gasteiger partial charge < -0.3 is 4.90 Å². The largest absolute Gasteiger partial charge is 0.311 e. The first-order valence-corrected chi connectivity index (χ1v) is 10.8. The lowest BCUT2D eigenvalue weighted by Crippen LogP contribution is -2.33. The van der Waals surface area contributed by atoms with E-state index in [1.165, 1.54) is 17.1 Å². The topological polar surface area (TPSA) is 53.0 Å². The third-order valence-corrected chi connectivity index (χ3v) is 6.59. The van der Waals surface area contributed by atoms with Gasteiger partial charge in [0.2, 0.25) is 5.91 Å². The van der Waals surface area contributed by atoms with Crippen LogP contribution in [0.2, 0.25) is 0 Å². The highest BCUT2D eigenvalue weighted by Gasteiger charge is 2.58. The van der Waals surface area contributed by atoms with Crippen LogP contribution < -0.4 is 4.90 Å². The molecule has 32 heavy (non-hydrogen) atoms. The van der Waals surface area contributed by atoms with Crippen LogP contribution in [0.4, 0.5) is 14.5 Å². The third-order valence-electron chi connectivity index (χ3n) is 6.59. The minimum Gasteiger partial charge on any atom is -0.311 e. The molecule has 2 heterocycles. The van der Waals surface area contributed by atoms with Crippen LogP contribution in [-0.4, -0.2) is 29.6 Å². The summed E-state index contributed by atoms with van der Waals surface area (Å²) in [7, 11) is 0. The zero-order valence-corrected chi connectivity index (χ0v) is 17.6. The van der Waals surface area contributed by atoms with Crippen molar-refractivity contribution in [3.05, 3.63) is 77.4 Å². The highest BCUT2D eigenvalue weighted by Crippen LogP contribution is 2.57. The van der Waals surface area contributed by atoms with Crippen molar-refractivity contribution in [1.29, 1.82) is 0 Å². The maximum Gasteiger partial charge on any atom is 0.269 e. The van der Waals surface area contributed by atoms with Crippen LogP contribution >= 0.6 is 0 Å². The lowest BCUT2D eigenvalue weighted by molar-refractivity contribution is -0.129. The summed E-state index contributed by atoms with van der Waals surface area (Å²) in [5.41, 5.74) is 2.45. The van der Waals surface area contributed by atoms with Gasteiger partial charge in [-0.1, -0.05) is 24.8 Å². The Balaban J connectivity index is 1.23. The number of nitrogens with zero attached hydrogens (tertiary/aromatic N) is 3. The number of rotatable bonds is 6. The van der Waals surface area contributed by atoms with E-state index in [1.54, 1.807) is 6.21 Å². The van der Waals surface area contributed by atoms with E-state index in [4.69, 9.17) is 0 Å². The molecule has 2 amide bonds. The van der Waals surface area contributed by atoms with Crippen molar-refractivity contribution in [2.24, 2.45) is 5.10 Å². The van der Waals surface area contributed by atoms with Gasteiger partial charge in [0.15, 0.2) is 0 Å². The van der Waals surface area contributed by atoms with E-state index in [2.05, 4.69) is 11.7 Å². The first kappa shape index (κ1) is 20.5. The SMILES string of the molecule is C=C(CCCN1C(=O)C2(CC2)c2ccccc21)C(=O)N1N=CCC1c1cc(F)cc(F)c1. The highest BCUT2D eigenvalue weighted by atomic mass is 19.1. The van der Waals surface area contributed by atoms with Gasteiger partial charge in [-0.05, 0) is 55.0 Å². The summed E-state index contributed by atoms with van der Waals surface area (Å²) in [5, 5.41) is 5.36. The minimum atomic E-state index is -0.692. The number of anilines is 1. The summed E-state index contributed by atoms with van der Waals surface area (Å²) < 4.78 is 27.3. The quantitative estimate of drug-likeness (QED) is 0.621. The number of halogens is 2. The second kappa shape index (κ2) is 7.65. The average molecular weight is 435 g/mol. The number of hydrogen-bond acceptors (Lipinski definition) is 3. The molecule has 1 atom stereocenters. The fourth-order valence-electron chi connectivity index (χ4n) is 4.80. The molecule has 164 valence electrons. The fraction of sp³-hybridized carbons (Fsp3) is 0.320. The fourth-order valence-corrected chi connectivity index (χ4v) is 4.80. The smallest absolute Gasteiger partial charge is 0.269 e. The van der Waals surface area contributed by atoms with E-state index in [0.29, 0.717) is 36.9 Å². The van der Waals surface area contributed by atoms with Crippen LogP contribution in [0.1, 0.15) is 49.3 Å². The number of hydrogen-bond donors (Lipinski definition) is 0. The van der Waals surface area contributed by atoms with Crippen molar-refractivity contribution >= 4 is 23.7 Å². The summed E-state index contributed by atoms with van der Waals surface area (Å²) in [6.07, 6.45) is 4.70. The van der Waals surface area contributed by atoms with Crippen LogP contribution in [0, 0.1) is 11.6 Å². The van der Waals surface area contributed by atoms with Gasteiger partial charge in [0.25, 0.3) is 5.91 Å². The van der Waals surface area contributed by atoms with Gasteiger partial charge in [-0.25, -0.2) is 13.8 Å². The Labute approximate surface area is 185 Å². The van der Waals surface area contributed by atoms with Gasteiger partial charge >= 0.3 is 0 Å². The average Bonchev–Trinajstić information content (AvgIpc) is 3.37. The number of benzene rings is 2. The third kappa shape index (κ3) is 3.32. The zero-order valence-electron chi connectivity index (χ0n) is 17.6. The van der Waals surface area contributed by atoms with Gasteiger partial charge in [0.1, 0.15) is 11.6 Å². The molecule has 1 saturated carbocycles. The summed E-state index contributed by atoms with van der Waals surface area (Å²) in [6.45, 7) is 4.42. The van der Waals surface area contributed by atoms with Crippen LogP contribution in [-0.2, 0) is 15.0 Å². The molecular weight excluding hydrogens is 412 g/mol. The number of amides is 2. The van der Waals surface area contributed by atoms with Crippen molar-refractivity contribution in [1.82, 2.24) is 5.01 Å². The van der Waals surface area contributed by atoms with E-state index >= 15 is 0 Å². The Bertz CT molecular complexity index is 1140. The number of fused-ring (bicyclic) bond motifs is 2. The van der Waals surface area contributed by atoms with E-state index in [1.807, 2.05) is 29.2 Å². The van der Waals surface area contributed by atoms with Crippen molar-refractivity contribution in [2.45, 2.75) is 43.6 Å². The van der Waals surface area contributed by atoms with Crippen molar-refractivity contribution < 1.29 is 18.4 Å². The maximum absolute atomic E-state index is 13.6. The molecule has 1 aliphatic carbocycles. The molecule has 0 N–H and O–H groups in total. The molecule has 2 aromatic carbocycles. The summed E-state index contributed by atoms with van der Waals surface area (Å²) in [4.78, 5) is 27.7. The molecule has 5 nitrogen and oxygen atoms in total. The van der Waals surface area contributed by atoms with Crippen molar-refractivity contribution in [3.63, 3.8) is 0 Å². The first-order chi connectivity index (χ1) is 15.4. The normalized spacial score (nSPS) is 20.2. The molecular formula is C25H23F2N3O2. The summed E-state index contributed by atoms with van der Waals surface area (Å²) >= 11 is 0. The Morgan fingerprint density at radius 3 is 2.59 bits per heavy atom. The van der Waals surface area contributed by atoms with Crippen molar-refractivity contribution in [3.8, 4) is 0 Å². The Morgan fingerprint density at radius 2 is 1.88 bits per heavy atom. The molecule has 1 spiro atoms. The van der Waals surface area contributed by atoms with Crippen LogP contribution in [0.5, 0.6) is 0 Å².